The molecule has 0 spiro atoms. The smallest absolute Gasteiger partial charge is 0.341 e. The summed E-state index contributed by atoms with van der Waals surface area (Å²) in [5.74, 6) is -0.872. The second-order valence-electron chi connectivity index (χ2n) is 8.24. The van der Waals surface area contributed by atoms with E-state index in [1.807, 2.05) is 30.3 Å². The predicted octanol–water partition coefficient (Wildman–Crippen LogP) is 5.20. The van der Waals surface area contributed by atoms with Gasteiger partial charge in [-0.1, -0.05) is 42.5 Å². The van der Waals surface area contributed by atoms with E-state index in [2.05, 4.69) is 6.08 Å². The molecule has 3 rings (SSSR count). The molecule has 0 aliphatic carbocycles. The molecule has 3 aromatic carbocycles. The molecular formula is C29H30O8. The van der Waals surface area contributed by atoms with Crippen LogP contribution in [0.1, 0.15) is 52.4 Å². The van der Waals surface area contributed by atoms with Crippen molar-refractivity contribution in [1.82, 2.24) is 0 Å². The first kappa shape index (κ1) is 27.3. The molecule has 0 aliphatic heterocycles. The van der Waals surface area contributed by atoms with Crippen molar-refractivity contribution < 1.29 is 39.1 Å². The Labute approximate surface area is 215 Å². The molecule has 3 N–H and O–H groups in total. The van der Waals surface area contributed by atoms with Crippen LogP contribution in [-0.4, -0.2) is 47.6 Å². The topological polar surface area (TPSA) is 123 Å². The summed E-state index contributed by atoms with van der Waals surface area (Å²) < 4.78 is 16.4. The molecule has 8 heteroatoms. The highest BCUT2D eigenvalue weighted by atomic mass is 16.5. The van der Waals surface area contributed by atoms with Gasteiger partial charge in [0.15, 0.2) is 18.1 Å². The van der Waals surface area contributed by atoms with E-state index < -0.39 is 24.6 Å². The zero-order valence-electron chi connectivity index (χ0n) is 20.5. The van der Waals surface area contributed by atoms with Crippen molar-refractivity contribution in [2.45, 2.75) is 25.4 Å². The number of aromatic carboxylic acids is 1. The second kappa shape index (κ2) is 13.7. The summed E-state index contributed by atoms with van der Waals surface area (Å²) in [5.41, 5.74) is 1.95. The van der Waals surface area contributed by atoms with Crippen LogP contribution in [0.2, 0.25) is 0 Å². The number of allylic oxidation sites excluding steroid dienone is 1. The van der Waals surface area contributed by atoms with Crippen molar-refractivity contribution in [3.63, 3.8) is 0 Å². The summed E-state index contributed by atoms with van der Waals surface area (Å²) in [5, 5.41) is 29.0. The Bertz CT molecular complexity index is 1220. The first-order valence-electron chi connectivity index (χ1n) is 11.8. The lowest BCUT2D eigenvalue weighted by molar-refractivity contribution is -0.139. The average Bonchev–Trinajstić information content (AvgIpc) is 2.91. The molecule has 1 atom stereocenters. The third kappa shape index (κ3) is 8.40. The molecule has 0 heterocycles. The zero-order chi connectivity index (χ0) is 26.6. The normalized spacial score (nSPS) is 11.7. The SMILES string of the molecule is COc1ccc(/C=C/CCCCOc2ccc(C(O)c3cccc(C(=O)O)c3)cc2OCC(=O)O)cc1. The lowest BCUT2D eigenvalue weighted by Crippen LogP contribution is -2.11. The van der Waals surface area contributed by atoms with Gasteiger partial charge < -0.3 is 29.5 Å². The first-order valence-corrected chi connectivity index (χ1v) is 11.8. The van der Waals surface area contributed by atoms with E-state index in [0.717, 1.165) is 30.6 Å². The summed E-state index contributed by atoms with van der Waals surface area (Å²) in [6.45, 7) is -0.164. The van der Waals surface area contributed by atoms with Crippen molar-refractivity contribution in [2.75, 3.05) is 20.3 Å². The number of aliphatic hydroxyl groups is 1. The summed E-state index contributed by atoms with van der Waals surface area (Å²) in [6, 6.07) is 18.5. The third-order valence-electron chi connectivity index (χ3n) is 5.53. The lowest BCUT2D eigenvalue weighted by atomic mass is 9.99. The molecular weight excluding hydrogens is 476 g/mol. The average molecular weight is 507 g/mol. The van der Waals surface area contributed by atoms with Crippen LogP contribution in [-0.2, 0) is 4.79 Å². The number of aliphatic carboxylic acids is 1. The molecule has 0 saturated heterocycles. The second-order valence-corrected chi connectivity index (χ2v) is 8.24. The van der Waals surface area contributed by atoms with E-state index in [1.54, 1.807) is 31.4 Å². The fraction of sp³-hybridized carbons (Fsp3) is 0.241. The quantitative estimate of drug-likeness (QED) is 0.255. The maximum atomic E-state index is 11.2. The maximum Gasteiger partial charge on any atom is 0.341 e. The van der Waals surface area contributed by atoms with Gasteiger partial charge in [-0.05, 0) is 72.4 Å². The lowest BCUT2D eigenvalue weighted by Gasteiger charge is -2.16. The fourth-order valence-corrected chi connectivity index (χ4v) is 3.58. The Morgan fingerprint density at radius 2 is 1.65 bits per heavy atom. The highest BCUT2D eigenvalue weighted by Gasteiger charge is 2.16. The van der Waals surface area contributed by atoms with Crippen LogP contribution in [0.4, 0.5) is 0 Å². The van der Waals surface area contributed by atoms with Gasteiger partial charge in [-0.2, -0.15) is 0 Å². The van der Waals surface area contributed by atoms with Gasteiger partial charge >= 0.3 is 11.9 Å². The molecule has 0 saturated carbocycles. The van der Waals surface area contributed by atoms with Gasteiger partial charge in [-0.15, -0.1) is 0 Å². The van der Waals surface area contributed by atoms with Gasteiger partial charge in [0, 0.05) is 0 Å². The van der Waals surface area contributed by atoms with Crippen LogP contribution in [0.15, 0.2) is 72.8 Å². The molecule has 8 nitrogen and oxygen atoms in total. The van der Waals surface area contributed by atoms with E-state index in [0.29, 0.717) is 23.5 Å². The fourth-order valence-electron chi connectivity index (χ4n) is 3.58. The van der Waals surface area contributed by atoms with Crippen LogP contribution in [0.3, 0.4) is 0 Å². The first-order chi connectivity index (χ1) is 17.9. The maximum absolute atomic E-state index is 11.2. The number of aliphatic hydroxyl groups excluding tert-OH is 1. The van der Waals surface area contributed by atoms with Gasteiger partial charge in [-0.25, -0.2) is 9.59 Å². The molecule has 37 heavy (non-hydrogen) atoms. The number of hydrogen-bond acceptors (Lipinski definition) is 6. The minimum Gasteiger partial charge on any atom is -0.497 e. The van der Waals surface area contributed by atoms with Crippen LogP contribution < -0.4 is 14.2 Å². The van der Waals surface area contributed by atoms with E-state index in [9.17, 15) is 19.8 Å². The zero-order valence-corrected chi connectivity index (χ0v) is 20.5. The van der Waals surface area contributed by atoms with E-state index >= 15 is 0 Å². The number of benzene rings is 3. The van der Waals surface area contributed by atoms with Crippen molar-refractivity contribution in [2.24, 2.45) is 0 Å². The van der Waals surface area contributed by atoms with Gasteiger partial charge in [0.25, 0.3) is 0 Å². The Hall–Kier alpha value is -4.30. The molecule has 0 amide bonds. The number of rotatable bonds is 14. The largest absolute Gasteiger partial charge is 0.497 e. The molecule has 0 bridgehead atoms. The summed E-state index contributed by atoms with van der Waals surface area (Å²) in [4.78, 5) is 22.3. The van der Waals surface area contributed by atoms with Gasteiger partial charge in [-0.3, -0.25) is 0 Å². The molecule has 0 aromatic heterocycles. The number of carboxylic acids is 2. The minimum atomic E-state index is -1.14. The minimum absolute atomic E-state index is 0.0534. The Kier molecular flexibility index (Phi) is 10.1. The summed E-state index contributed by atoms with van der Waals surface area (Å²) >= 11 is 0. The Balaban J connectivity index is 1.58. The number of ether oxygens (including phenoxy) is 3. The van der Waals surface area contributed by atoms with Crippen molar-refractivity contribution >= 4 is 18.0 Å². The Morgan fingerprint density at radius 3 is 2.35 bits per heavy atom. The molecule has 0 fully saturated rings. The van der Waals surface area contributed by atoms with Crippen LogP contribution in [0.25, 0.3) is 6.08 Å². The molecule has 0 aliphatic rings. The molecule has 1 unspecified atom stereocenters. The number of carbonyl (C=O) groups is 2. The van der Waals surface area contributed by atoms with Crippen LogP contribution in [0.5, 0.6) is 17.2 Å². The van der Waals surface area contributed by atoms with E-state index in [1.165, 1.54) is 18.2 Å². The molecule has 0 radical (unpaired) electrons. The third-order valence-corrected chi connectivity index (χ3v) is 5.53. The number of methoxy groups -OCH3 is 1. The number of hydrogen-bond donors (Lipinski definition) is 3. The summed E-state index contributed by atoms with van der Waals surface area (Å²) in [7, 11) is 1.63. The predicted molar refractivity (Wildman–Crippen MR) is 138 cm³/mol. The van der Waals surface area contributed by atoms with Crippen molar-refractivity contribution in [3.05, 3.63) is 95.1 Å². The highest BCUT2D eigenvalue weighted by molar-refractivity contribution is 5.87. The number of carboxylic acid groups (broad SMARTS) is 2. The van der Waals surface area contributed by atoms with Crippen LogP contribution >= 0.6 is 0 Å². The van der Waals surface area contributed by atoms with Gasteiger partial charge in [0.1, 0.15) is 11.9 Å². The highest BCUT2D eigenvalue weighted by Crippen LogP contribution is 2.33. The van der Waals surface area contributed by atoms with Crippen molar-refractivity contribution in [1.29, 1.82) is 0 Å². The Morgan fingerprint density at radius 1 is 0.892 bits per heavy atom. The summed E-state index contributed by atoms with van der Waals surface area (Å²) in [6.07, 6.45) is 5.57. The van der Waals surface area contributed by atoms with E-state index in [-0.39, 0.29) is 11.3 Å². The monoisotopic (exact) mass is 506 g/mol. The number of unbranched alkanes of at least 4 members (excludes halogenated alkanes) is 2. The molecule has 194 valence electrons. The van der Waals surface area contributed by atoms with Gasteiger partial charge in [0.05, 0.1) is 19.3 Å². The van der Waals surface area contributed by atoms with E-state index in [4.69, 9.17) is 19.3 Å². The van der Waals surface area contributed by atoms with Crippen LogP contribution in [0, 0.1) is 0 Å². The van der Waals surface area contributed by atoms with Crippen molar-refractivity contribution in [3.8, 4) is 17.2 Å². The standard InChI is InChI=1S/C29H30O8/c1-35-24-13-10-20(11-14-24)7-4-2-3-5-16-36-25-15-12-22(18-26(25)37-19-27(30)31)28(32)21-8-6-9-23(17-21)29(33)34/h4,6-15,17-18,28,32H,2-3,5,16,19H2,1H3,(H,30,31)(H,33,34)/b7-4+. The molecule has 3 aromatic rings. The van der Waals surface area contributed by atoms with Gasteiger partial charge in [0.2, 0.25) is 0 Å².